The van der Waals surface area contributed by atoms with E-state index in [1.807, 2.05) is 37.7 Å². The van der Waals surface area contributed by atoms with E-state index in [2.05, 4.69) is 22.3 Å². The topological polar surface area (TPSA) is 52.0 Å². The fourth-order valence-electron chi connectivity index (χ4n) is 2.05. The van der Waals surface area contributed by atoms with Crippen molar-refractivity contribution in [3.63, 3.8) is 0 Å². The van der Waals surface area contributed by atoms with Crippen LogP contribution in [0.1, 0.15) is 30.3 Å². The number of ether oxygens (including phenoxy) is 1. The van der Waals surface area contributed by atoms with Crippen molar-refractivity contribution in [2.24, 2.45) is 7.05 Å². The Hall–Kier alpha value is -1.88. The largest absolute Gasteiger partial charge is 0.435 e. The summed E-state index contributed by atoms with van der Waals surface area (Å²) in [5.74, 6) is 1.44. The van der Waals surface area contributed by atoms with Crippen molar-refractivity contribution >= 4 is 0 Å². The number of aromatic nitrogens is 3. The smallest absolute Gasteiger partial charge is 0.223 e. The molecule has 0 saturated heterocycles. The highest BCUT2D eigenvalue weighted by molar-refractivity contribution is 5.37. The van der Waals surface area contributed by atoms with Crippen LogP contribution in [-0.2, 0) is 13.6 Å². The van der Waals surface area contributed by atoms with E-state index in [1.165, 1.54) is 0 Å². The zero-order valence-electron chi connectivity index (χ0n) is 12.6. The molecule has 0 saturated carbocycles. The monoisotopic (exact) mass is 274 g/mol. The maximum atomic E-state index is 5.99. The van der Waals surface area contributed by atoms with Crippen LogP contribution in [0.3, 0.4) is 0 Å². The molecule has 1 N–H and O–H groups in total. The van der Waals surface area contributed by atoms with Gasteiger partial charge in [0.15, 0.2) is 5.75 Å². The molecule has 0 atom stereocenters. The quantitative estimate of drug-likeness (QED) is 0.823. The Bertz CT molecular complexity index is 577. The summed E-state index contributed by atoms with van der Waals surface area (Å²) in [7, 11) is 1.91. The SMILES string of the molecule is CCCNCc1cccnc1Oc1c(C)nn(C)c1C. The Morgan fingerprint density at radius 2 is 2.15 bits per heavy atom. The van der Waals surface area contributed by atoms with E-state index in [9.17, 15) is 0 Å². The van der Waals surface area contributed by atoms with E-state index in [1.54, 1.807) is 6.20 Å². The number of hydrogen-bond acceptors (Lipinski definition) is 4. The van der Waals surface area contributed by atoms with Gasteiger partial charge in [0.1, 0.15) is 5.69 Å². The molecule has 0 aliphatic carbocycles. The summed E-state index contributed by atoms with van der Waals surface area (Å²) in [5, 5.41) is 7.73. The van der Waals surface area contributed by atoms with E-state index >= 15 is 0 Å². The summed E-state index contributed by atoms with van der Waals surface area (Å²) in [6.45, 7) is 7.83. The third-order valence-electron chi connectivity index (χ3n) is 3.23. The summed E-state index contributed by atoms with van der Waals surface area (Å²) in [6, 6.07) is 3.96. The molecule has 0 spiro atoms. The van der Waals surface area contributed by atoms with Crippen molar-refractivity contribution in [1.29, 1.82) is 0 Å². The number of nitrogens with one attached hydrogen (secondary N) is 1. The lowest BCUT2D eigenvalue weighted by Crippen LogP contribution is -2.14. The average molecular weight is 274 g/mol. The fraction of sp³-hybridized carbons (Fsp3) is 0.467. The van der Waals surface area contributed by atoms with Crippen LogP contribution in [0.15, 0.2) is 18.3 Å². The van der Waals surface area contributed by atoms with Gasteiger partial charge in [-0.2, -0.15) is 5.10 Å². The minimum Gasteiger partial charge on any atom is -0.435 e. The van der Waals surface area contributed by atoms with Crippen molar-refractivity contribution in [1.82, 2.24) is 20.1 Å². The van der Waals surface area contributed by atoms with Crippen LogP contribution >= 0.6 is 0 Å². The Morgan fingerprint density at radius 1 is 1.35 bits per heavy atom. The molecule has 108 valence electrons. The number of hydrogen-bond donors (Lipinski definition) is 1. The van der Waals surface area contributed by atoms with Crippen molar-refractivity contribution < 1.29 is 4.74 Å². The number of nitrogens with zero attached hydrogens (tertiary/aromatic N) is 3. The van der Waals surface area contributed by atoms with Gasteiger partial charge in [0.05, 0.1) is 5.69 Å². The van der Waals surface area contributed by atoms with Gasteiger partial charge >= 0.3 is 0 Å². The third-order valence-corrected chi connectivity index (χ3v) is 3.23. The summed E-state index contributed by atoms with van der Waals surface area (Å²) in [4.78, 5) is 4.34. The van der Waals surface area contributed by atoms with E-state index < -0.39 is 0 Å². The first-order valence-corrected chi connectivity index (χ1v) is 6.96. The van der Waals surface area contributed by atoms with Gasteiger partial charge in [-0.3, -0.25) is 4.68 Å². The predicted octanol–water partition coefficient (Wildman–Crippen LogP) is 2.72. The highest BCUT2D eigenvalue weighted by atomic mass is 16.5. The molecule has 0 radical (unpaired) electrons. The van der Waals surface area contributed by atoms with E-state index in [4.69, 9.17) is 4.74 Å². The third kappa shape index (κ3) is 3.17. The Labute approximate surface area is 120 Å². The first-order chi connectivity index (χ1) is 9.63. The van der Waals surface area contributed by atoms with Gasteiger partial charge in [-0.1, -0.05) is 13.0 Å². The number of rotatable bonds is 6. The van der Waals surface area contributed by atoms with Gasteiger partial charge in [-0.05, 0) is 32.9 Å². The molecule has 0 aliphatic heterocycles. The molecular formula is C15H22N4O. The van der Waals surface area contributed by atoms with Gasteiger partial charge in [-0.15, -0.1) is 0 Å². The van der Waals surface area contributed by atoms with Gasteiger partial charge in [0, 0.05) is 25.4 Å². The molecule has 0 bridgehead atoms. The zero-order chi connectivity index (χ0) is 14.5. The first kappa shape index (κ1) is 14.5. The molecule has 0 fully saturated rings. The molecule has 0 unspecified atom stereocenters. The summed E-state index contributed by atoms with van der Waals surface area (Å²) < 4.78 is 7.81. The molecular weight excluding hydrogens is 252 g/mol. The van der Waals surface area contributed by atoms with Gasteiger partial charge in [0.25, 0.3) is 0 Å². The number of pyridine rings is 1. The fourth-order valence-corrected chi connectivity index (χ4v) is 2.05. The maximum Gasteiger partial charge on any atom is 0.223 e. The molecule has 2 heterocycles. The van der Waals surface area contributed by atoms with Crippen LogP contribution in [-0.4, -0.2) is 21.3 Å². The second kappa shape index (κ2) is 6.52. The van der Waals surface area contributed by atoms with E-state index in [0.29, 0.717) is 5.88 Å². The molecule has 5 heteroatoms. The molecule has 0 aliphatic rings. The molecule has 0 amide bonds. The van der Waals surface area contributed by atoms with Crippen LogP contribution in [0.2, 0.25) is 0 Å². The second-order valence-corrected chi connectivity index (χ2v) is 4.87. The minimum atomic E-state index is 0.648. The maximum absolute atomic E-state index is 5.99. The molecule has 5 nitrogen and oxygen atoms in total. The Morgan fingerprint density at radius 3 is 2.80 bits per heavy atom. The van der Waals surface area contributed by atoms with Crippen molar-refractivity contribution in [3.8, 4) is 11.6 Å². The van der Waals surface area contributed by atoms with Gasteiger partial charge in [0.2, 0.25) is 5.88 Å². The van der Waals surface area contributed by atoms with Crippen LogP contribution in [0.25, 0.3) is 0 Å². The lowest BCUT2D eigenvalue weighted by atomic mass is 10.2. The zero-order valence-corrected chi connectivity index (χ0v) is 12.6. The lowest BCUT2D eigenvalue weighted by Gasteiger charge is -2.10. The Kier molecular flexibility index (Phi) is 4.74. The van der Waals surface area contributed by atoms with Crippen molar-refractivity contribution in [3.05, 3.63) is 35.3 Å². The minimum absolute atomic E-state index is 0.648. The normalized spacial score (nSPS) is 10.8. The number of aryl methyl sites for hydroxylation is 2. The molecule has 2 rings (SSSR count). The highest BCUT2D eigenvalue weighted by Crippen LogP contribution is 2.28. The highest BCUT2D eigenvalue weighted by Gasteiger charge is 2.14. The lowest BCUT2D eigenvalue weighted by molar-refractivity contribution is 0.445. The molecule has 2 aromatic heterocycles. The van der Waals surface area contributed by atoms with Gasteiger partial charge in [-0.25, -0.2) is 4.98 Å². The molecule has 20 heavy (non-hydrogen) atoms. The predicted molar refractivity (Wildman–Crippen MR) is 79.0 cm³/mol. The van der Waals surface area contributed by atoms with Crippen LogP contribution < -0.4 is 10.1 Å². The average Bonchev–Trinajstić information content (AvgIpc) is 2.67. The van der Waals surface area contributed by atoms with Crippen LogP contribution in [0, 0.1) is 13.8 Å². The van der Waals surface area contributed by atoms with Crippen LogP contribution in [0.4, 0.5) is 0 Å². The van der Waals surface area contributed by atoms with Crippen molar-refractivity contribution in [2.75, 3.05) is 6.54 Å². The summed E-state index contributed by atoms with van der Waals surface area (Å²) in [6.07, 6.45) is 2.86. The van der Waals surface area contributed by atoms with Crippen LogP contribution in [0.5, 0.6) is 11.6 Å². The summed E-state index contributed by atoms with van der Waals surface area (Å²) in [5.41, 5.74) is 2.94. The standard InChI is InChI=1S/C15H22N4O/c1-5-8-16-10-13-7-6-9-17-15(13)20-14-11(2)18-19(4)12(14)3/h6-7,9,16H,5,8,10H2,1-4H3. The van der Waals surface area contributed by atoms with Gasteiger partial charge < -0.3 is 10.1 Å². The molecule has 0 aromatic carbocycles. The summed E-state index contributed by atoms with van der Waals surface area (Å²) >= 11 is 0. The van der Waals surface area contributed by atoms with E-state index in [0.717, 1.165) is 42.2 Å². The Balaban J connectivity index is 2.20. The van der Waals surface area contributed by atoms with Crippen molar-refractivity contribution in [2.45, 2.75) is 33.7 Å². The molecule has 2 aromatic rings. The first-order valence-electron chi connectivity index (χ1n) is 6.96. The van der Waals surface area contributed by atoms with E-state index in [-0.39, 0.29) is 0 Å². The second-order valence-electron chi connectivity index (χ2n) is 4.87.